The van der Waals surface area contributed by atoms with Crippen molar-refractivity contribution in [3.8, 4) is 0 Å². The molecule has 2 aromatic heterocycles. The summed E-state index contributed by atoms with van der Waals surface area (Å²) >= 11 is 0. The van der Waals surface area contributed by atoms with E-state index in [-0.39, 0.29) is 10.9 Å². The molecule has 4 rings (SSSR count). The SMILES string of the molecule is Fc1cc2nc(N3CCNCC3)c3nocc3c2cc1C(F)(F)F. The van der Waals surface area contributed by atoms with Crippen LogP contribution >= 0.6 is 0 Å². The number of pyridine rings is 1. The van der Waals surface area contributed by atoms with Gasteiger partial charge >= 0.3 is 6.18 Å². The second kappa shape index (κ2) is 5.30. The molecule has 1 aliphatic heterocycles. The molecule has 0 aliphatic carbocycles. The number of hydrogen-bond acceptors (Lipinski definition) is 5. The minimum absolute atomic E-state index is 0.143. The van der Waals surface area contributed by atoms with Gasteiger partial charge in [0.05, 0.1) is 16.5 Å². The third kappa shape index (κ3) is 2.35. The van der Waals surface area contributed by atoms with Gasteiger partial charge in [0.25, 0.3) is 0 Å². The van der Waals surface area contributed by atoms with Gasteiger partial charge in [0.15, 0.2) is 11.3 Å². The van der Waals surface area contributed by atoms with E-state index in [1.165, 1.54) is 6.26 Å². The van der Waals surface area contributed by atoms with E-state index in [1.54, 1.807) is 0 Å². The minimum atomic E-state index is -4.78. The standard InChI is InChI=1S/C15H12F4N4O/c16-11-6-12-8(5-10(11)15(17,18)19)9-7-24-22-13(9)14(21-12)23-3-1-20-2-4-23/h5-7,20H,1-4H2. The van der Waals surface area contributed by atoms with Gasteiger partial charge in [0, 0.05) is 37.6 Å². The van der Waals surface area contributed by atoms with Crippen molar-refractivity contribution in [3.63, 3.8) is 0 Å². The molecule has 1 saturated heterocycles. The molecule has 5 nitrogen and oxygen atoms in total. The fourth-order valence-electron chi connectivity index (χ4n) is 2.94. The number of benzene rings is 1. The zero-order chi connectivity index (χ0) is 16.9. The number of piperazine rings is 1. The summed E-state index contributed by atoms with van der Waals surface area (Å²) in [5, 5.41) is 7.64. The first-order chi connectivity index (χ1) is 11.4. The van der Waals surface area contributed by atoms with Crippen LogP contribution in [-0.4, -0.2) is 36.3 Å². The molecule has 0 radical (unpaired) electrons. The van der Waals surface area contributed by atoms with Gasteiger partial charge in [-0.1, -0.05) is 5.16 Å². The van der Waals surface area contributed by atoms with Crippen LogP contribution in [0.3, 0.4) is 0 Å². The van der Waals surface area contributed by atoms with Gasteiger partial charge in [0.2, 0.25) is 0 Å². The predicted molar refractivity (Wildman–Crippen MR) is 79.4 cm³/mol. The Labute approximate surface area is 133 Å². The summed E-state index contributed by atoms with van der Waals surface area (Å²) in [6, 6.07) is 1.58. The molecule has 0 bridgehead atoms. The zero-order valence-electron chi connectivity index (χ0n) is 12.3. The molecule has 0 atom stereocenters. The minimum Gasteiger partial charge on any atom is -0.363 e. The topological polar surface area (TPSA) is 54.2 Å². The molecule has 1 N–H and O–H groups in total. The Bertz CT molecular complexity index is 915. The molecule has 3 heterocycles. The van der Waals surface area contributed by atoms with Crippen LogP contribution in [0.25, 0.3) is 21.8 Å². The Balaban J connectivity index is 1.98. The third-order valence-corrected chi connectivity index (χ3v) is 4.11. The van der Waals surface area contributed by atoms with Gasteiger partial charge in [-0.15, -0.1) is 0 Å². The first-order valence-electron chi connectivity index (χ1n) is 7.35. The Kier molecular flexibility index (Phi) is 3.34. The number of nitrogens with zero attached hydrogens (tertiary/aromatic N) is 3. The van der Waals surface area contributed by atoms with Crippen molar-refractivity contribution in [3.05, 3.63) is 29.8 Å². The summed E-state index contributed by atoms with van der Waals surface area (Å²) in [4.78, 5) is 6.31. The molecule has 0 unspecified atom stereocenters. The van der Waals surface area contributed by atoms with E-state index in [2.05, 4.69) is 15.5 Å². The molecular formula is C15H12F4N4O. The first kappa shape index (κ1) is 15.1. The number of anilines is 1. The second-order valence-corrected chi connectivity index (χ2v) is 5.60. The Morgan fingerprint density at radius 1 is 1.12 bits per heavy atom. The summed E-state index contributed by atoms with van der Waals surface area (Å²) in [5.41, 5.74) is -0.803. The van der Waals surface area contributed by atoms with E-state index < -0.39 is 17.6 Å². The van der Waals surface area contributed by atoms with E-state index in [0.717, 1.165) is 25.2 Å². The van der Waals surface area contributed by atoms with Crippen LogP contribution in [0.15, 0.2) is 22.9 Å². The number of fused-ring (bicyclic) bond motifs is 3. The van der Waals surface area contributed by atoms with Crippen LogP contribution in [0.5, 0.6) is 0 Å². The number of hydrogen-bond donors (Lipinski definition) is 1. The lowest BCUT2D eigenvalue weighted by Gasteiger charge is -2.28. The van der Waals surface area contributed by atoms with Crippen molar-refractivity contribution in [2.45, 2.75) is 6.18 Å². The monoisotopic (exact) mass is 340 g/mol. The molecule has 1 aliphatic rings. The van der Waals surface area contributed by atoms with Crippen molar-refractivity contribution in [1.82, 2.24) is 15.5 Å². The molecular weight excluding hydrogens is 328 g/mol. The summed E-state index contributed by atoms with van der Waals surface area (Å²) in [6.45, 7) is 2.84. The number of rotatable bonds is 1. The molecule has 126 valence electrons. The van der Waals surface area contributed by atoms with Crippen molar-refractivity contribution in [1.29, 1.82) is 0 Å². The number of alkyl halides is 3. The molecule has 9 heteroatoms. The fourth-order valence-corrected chi connectivity index (χ4v) is 2.94. The normalized spacial score (nSPS) is 16.2. The summed E-state index contributed by atoms with van der Waals surface area (Å²) in [5.74, 6) is -0.850. The van der Waals surface area contributed by atoms with E-state index >= 15 is 0 Å². The lowest BCUT2D eigenvalue weighted by Crippen LogP contribution is -2.44. The van der Waals surface area contributed by atoms with Crippen molar-refractivity contribution in [2.75, 3.05) is 31.1 Å². The van der Waals surface area contributed by atoms with Crippen molar-refractivity contribution >= 4 is 27.6 Å². The first-order valence-corrected chi connectivity index (χ1v) is 7.35. The number of halogens is 4. The quantitative estimate of drug-likeness (QED) is 0.691. The summed E-state index contributed by atoms with van der Waals surface area (Å²) < 4.78 is 57.7. The molecule has 0 saturated carbocycles. The largest absolute Gasteiger partial charge is 0.419 e. The van der Waals surface area contributed by atoms with Crippen LogP contribution in [0.2, 0.25) is 0 Å². The number of nitrogens with one attached hydrogen (secondary N) is 1. The van der Waals surface area contributed by atoms with E-state index in [1.807, 2.05) is 4.90 Å². The van der Waals surface area contributed by atoms with Crippen LogP contribution in [-0.2, 0) is 6.18 Å². The average molecular weight is 340 g/mol. The van der Waals surface area contributed by atoms with E-state index in [4.69, 9.17) is 4.52 Å². The summed E-state index contributed by atoms with van der Waals surface area (Å²) in [6.07, 6.45) is -3.51. The highest BCUT2D eigenvalue weighted by molar-refractivity contribution is 6.08. The summed E-state index contributed by atoms with van der Waals surface area (Å²) in [7, 11) is 0. The highest BCUT2D eigenvalue weighted by atomic mass is 19.4. The molecule has 0 amide bonds. The van der Waals surface area contributed by atoms with Gasteiger partial charge in [-0.2, -0.15) is 13.2 Å². The highest BCUT2D eigenvalue weighted by Gasteiger charge is 2.35. The van der Waals surface area contributed by atoms with Crippen molar-refractivity contribution < 1.29 is 22.1 Å². The van der Waals surface area contributed by atoms with Crippen LogP contribution < -0.4 is 10.2 Å². The van der Waals surface area contributed by atoms with E-state index in [9.17, 15) is 17.6 Å². The maximum absolute atomic E-state index is 13.9. The van der Waals surface area contributed by atoms with Gasteiger partial charge in [0.1, 0.15) is 12.1 Å². The third-order valence-electron chi connectivity index (χ3n) is 4.11. The molecule has 1 fully saturated rings. The Morgan fingerprint density at radius 3 is 2.58 bits per heavy atom. The predicted octanol–water partition coefficient (Wildman–Crippen LogP) is 2.94. The number of aromatic nitrogens is 2. The van der Waals surface area contributed by atoms with Crippen molar-refractivity contribution in [2.24, 2.45) is 0 Å². The van der Waals surface area contributed by atoms with Gasteiger partial charge in [-0.25, -0.2) is 9.37 Å². The Morgan fingerprint density at radius 2 is 1.88 bits per heavy atom. The molecule has 24 heavy (non-hydrogen) atoms. The van der Waals surface area contributed by atoms with Crippen LogP contribution in [0.1, 0.15) is 5.56 Å². The van der Waals surface area contributed by atoms with Gasteiger partial charge in [-0.3, -0.25) is 0 Å². The van der Waals surface area contributed by atoms with E-state index in [0.29, 0.717) is 29.8 Å². The lowest BCUT2D eigenvalue weighted by molar-refractivity contribution is -0.139. The highest BCUT2D eigenvalue weighted by Crippen LogP contribution is 2.37. The molecule has 3 aromatic rings. The van der Waals surface area contributed by atoms with Gasteiger partial charge in [-0.05, 0) is 6.07 Å². The van der Waals surface area contributed by atoms with Crippen LogP contribution in [0, 0.1) is 5.82 Å². The van der Waals surface area contributed by atoms with Crippen LogP contribution in [0.4, 0.5) is 23.4 Å². The zero-order valence-corrected chi connectivity index (χ0v) is 12.3. The maximum atomic E-state index is 13.9. The fraction of sp³-hybridized carbons (Fsp3) is 0.333. The average Bonchev–Trinajstić information content (AvgIpc) is 3.03. The molecule has 0 spiro atoms. The Hall–Kier alpha value is -2.42. The maximum Gasteiger partial charge on any atom is 0.419 e. The molecule has 1 aromatic carbocycles. The van der Waals surface area contributed by atoms with Gasteiger partial charge < -0.3 is 14.7 Å². The lowest BCUT2D eigenvalue weighted by atomic mass is 10.1. The smallest absolute Gasteiger partial charge is 0.363 e. The second-order valence-electron chi connectivity index (χ2n) is 5.60.